The predicted octanol–water partition coefficient (Wildman–Crippen LogP) is 2.47. The molecule has 100 valence electrons. The van der Waals surface area contributed by atoms with Gasteiger partial charge < -0.3 is 15.7 Å². The predicted molar refractivity (Wildman–Crippen MR) is 74.7 cm³/mol. The number of hydrogen-bond donors (Lipinski definition) is 3. The molecule has 3 N–H and O–H groups in total. The van der Waals surface area contributed by atoms with Crippen molar-refractivity contribution in [3.05, 3.63) is 24.3 Å². The molecule has 4 heteroatoms. The van der Waals surface area contributed by atoms with E-state index in [-0.39, 0.29) is 17.9 Å². The summed E-state index contributed by atoms with van der Waals surface area (Å²) in [6.45, 7) is 6.60. The maximum absolute atomic E-state index is 11.3. The highest BCUT2D eigenvalue weighted by atomic mass is 16.3. The second-order valence-corrected chi connectivity index (χ2v) is 5.16. The maximum atomic E-state index is 11.3. The van der Waals surface area contributed by atoms with Crippen LogP contribution in [0.2, 0.25) is 0 Å². The molecule has 0 aromatic heterocycles. The number of carbonyl (C=O) groups excluding carboxylic acids is 1. The molecule has 0 aliphatic carbocycles. The lowest BCUT2D eigenvalue weighted by molar-refractivity contribution is -0.115. The molecule has 1 amide bonds. The van der Waals surface area contributed by atoms with Crippen LogP contribution in [0.15, 0.2) is 24.3 Å². The van der Waals surface area contributed by atoms with E-state index in [0.717, 1.165) is 11.4 Å². The molecule has 1 aromatic rings. The SMILES string of the molecule is CCC(=O)Nc1cccc(NCC(C)(C)CO)c1. The third-order valence-corrected chi connectivity index (χ3v) is 2.67. The van der Waals surface area contributed by atoms with Gasteiger partial charge in [0.15, 0.2) is 0 Å². The van der Waals surface area contributed by atoms with Crippen LogP contribution in [0.25, 0.3) is 0 Å². The van der Waals surface area contributed by atoms with E-state index in [9.17, 15) is 9.90 Å². The monoisotopic (exact) mass is 250 g/mol. The smallest absolute Gasteiger partial charge is 0.224 e. The van der Waals surface area contributed by atoms with Crippen LogP contribution in [0.5, 0.6) is 0 Å². The molecule has 0 aliphatic heterocycles. The van der Waals surface area contributed by atoms with E-state index >= 15 is 0 Å². The van der Waals surface area contributed by atoms with Gasteiger partial charge in [-0.2, -0.15) is 0 Å². The van der Waals surface area contributed by atoms with Crippen molar-refractivity contribution in [2.75, 3.05) is 23.8 Å². The van der Waals surface area contributed by atoms with Crippen molar-refractivity contribution in [2.24, 2.45) is 5.41 Å². The lowest BCUT2D eigenvalue weighted by Gasteiger charge is -2.22. The van der Waals surface area contributed by atoms with Crippen LogP contribution in [-0.4, -0.2) is 24.2 Å². The fraction of sp³-hybridized carbons (Fsp3) is 0.500. The fourth-order valence-electron chi connectivity index (χ4n) is 1.35. The van der Waals surface area contributed by atoms with Gasteiger partial charge in [0.1, 0.15) is 0 Å². The summed E-state index contributed by atoms with van der Waals surface area (Å²) in [5.41, 5.74) is 1.56. The summed E-state index contributed by atoms with van der Waals surface area (Å²) < 4.78 is 0. The molecule has 4 nitrogen and oxygen atoms in total. The summed E-state index contributed by atoms with van der Waals surface area (Å²) in [6.07, 6.45) is 0.467. The van der Waals surface area contributed by atoms with Crippen molar-refractivity contribution in [2.45, 2.75) is 27.2 Å². The second kappa shape index (κ2) is 6.40. The number of aliphatic hydroxyl groups is 1. The topological polar surface area (TPSA) is 61.4 Å². The van der Waals surface area contributed by atoms with Gasteiger partial charge in [-0.15, -0.1) is 0 Å². The van der Waals surface area contributed by atoms with E-state index in [1.165, 1.54) is 0 Å². The fourth-order valence-corrected chi connectivity index (χ4v) is 1.35. The van der Waals surface area contributed by atoms with Crippen molar-refractivity contribution in [3.63, 3.8) is 0 Å². The van der Waals surface area contributed by atoms with Crippen LogP contribution in [0, 0.1) is 5.41 Å². The third kappa shape index (κ3) is 4.75. The number of carbonyl (C=O) groups is 1. The molecular formula is C14H22N2O2. The maximum Gasteiger partial charge on any atom is 0.224 e. The Balaban J connectivity index is 2.62. The Kier molecular flexibility index (Phi) is 5.16. The van der Waals surface area contributed by atoms with E-state index in [4.69, 9.17) is 0 Å². The Hall–Kier alpha value is -1.55. The molecule has 0 bridgehead atoms. The van der Waals surface area contributed by atoms with Crippen LogP contribution >= 0.6 is 0 Å². The molecule has 0 saturated carbocycles. The van der Waals surface area contributed by atoms with Gasteiger partial charge in [0, 0.05) is 36.4 Å². The lowest BCUT2D eigenvalue weighted by Crippen LogP contribution is -2.26. The number of nitrogens with one attached hydrogen (secondary N) is 2. The Bertz CT molecular complexity index is 403. The zero-order chi connectivity index (χ0) is 13.6. The molecule has 0 spiro atoms. The van der Waals surface area contributed by atoms with Crippen molar-refractivity contribution < 1.29 is 9.90 Å². The van der Waals surface area contributed by atoms with Crippen LogP contribution in [0.4, 0.5) is 11.4 Å². The number of anilines is 2. The molecule has 0 aliphatic rings. The largest absolute Gasteiger partial charge is 0.396 e. The Morgan fingerprint density at radius 3 is 2.61 bits per heavy atom. The van der Waals surface area contributed by atoms with Gasteiger partial charge in [-0.05, 0) is 18.2 Å². The van der Waals surface area contributed by atoms with Crippen molar-refractivity contribution in [1.82, 2.24) is 0 Å². The number of amides is 1. The van der Waals surface area contributed by atoms with E-state index in [1.54, 1.807) is 0 Å². The highest BCUT2D eigenvalue weighted by Gasteiger charge is 2.15. The van der Waals surface area contributed by atoms with Crippen molar-refractivity contribution in [3.8, 4) is 0 Å². The van der Waals surface area contributed by atoms with E-state index in [0.29, 0.717) is 13.0 Å². The highest BCUT2D eigenvalue weighted by molar-refractivity contribution is 5.90. The standard InChI is InChI=1S/C14H22N2O2/c1-4-13(18)16-12-7-5-6-11(8-12)15-9-14(2,3)10-17/h5-8,15,17H,4,9-10H2,1-3H3,(H,16,18). The quantitative estimate of drug-likeness (QED) is 0.727. The van der Waals surface area contributed by atoms with Crippen molar-refractivity contribution >= 4 is 17.3 Å². The molecule has 0 fully saturated rings. The molecule has 18 heavy (non-hydrogen) atoms. The first kappa shape index (κ1) is 14.5. The number of benzene rings is 1. The Labute approximate surface area is 108 Å². The summed E-state index contributed by atoms with van der Waals surface area (Å²) in [5, 5.41) is 15.3. The van der Waals surface area contributed by atoms with Gasteiger partial charge in [-0.3, -0.25) is 4.79 Å². The number of rotatable bonds is 6. The van der Waals surface area contributed by atoms with Gasteiger partial charge >= 0.3 is 0 Å². The minimum Gasteiger partial charge on any atom is -0.396 e. The van der Waals surface area contributed by atoms with Gasteiger partial charge in [0.2, 0.25) is 5.91 Å². The summed E-state index contributed by atoms with van der Waals surface area (Å²) in [7, 11) is 0. The molecule has 1 aromatic carbocycles. The van der Waals surface area contributed by atoms with E-state index < -0.39 is 0 Å². The molecule has 0 radical (unpaired) electrons. The zero-order valence-electron chi connectivity index (χ0n) is 11.3. The first-order valence-corrected chi connectivity index (χ1v) is 6.21. The van der Waals surface area contributed by atoms with E-state index in [1.807, 2.05) is 45.0 Å². The molecule has 0 atom stereocenters. The lowest BCUT2D eigenvalue weighted by atomic mass is 9.95. The summed E-state index contributed by atoms with van der Waals surface area (Å²) in [6, 6.07) is 7.57. The van der Waals surface area contributed by atoms with Gasteiger partial charge in [0.25, 0.3) is 0 Å². The van der Waals surface area contributed by atoms with Crippen LogP contribution < -0.4 is 10.6 Å². The van der Waals surface area contributed by atoms with Crippen LogP contribution in [0.3, 0.4) is 0 Å². The zero-order valence-corrected chi connectivity index (χ0v) is 11.3. The normalized spacial score (nSPS) is 11.1. The highest BCUT2D eigenvalue weighted by Crippen LogP contribution is 2.19. The Morgan fingerprint density at radius 2 is 2.00 bits per heavy atom. The minimum atomic E-state index is -0.164. The number of aliphatic hydroxyl groups excluding tert-OH is 1. The number of hydrogen-bond acceptors (Lipinski definition) is 3. The van der Waals surface area contributed by atoms with Gasteiger partial charge in [0.05, 0.1) is 0 Å². The summed E-state index contributed by atoms with van der Waals surface area (Å²) in [5.74, 6) is 0.00263. The average molecular weight is 250 g/mol. The summed E-state index contributed by atoms with van der Waals surface area (Å²) in [4.78, 5) is 11.3. The minimum absolute atomic E-state index is 0.00263. The third-order valence-electron chi connectivity index (χ3n) is 2.67. The molecule has 0 saturated heterocycles. The first-order chi connectivity index (χ1) is 8.46. The van der Waals surface area contributed by atoms with Crippen LogP contribution in [0.1, 0.15) is 27.2 Å². The van der Waals surface area contributed by atoms with Crippen molar-refractivity contribution in [1.29, 1.82) is 0 Å². The first-order valence-electron chi connectivity index (χ1n) is 6.21. The average Bonchev–Trinajstić information content (AvgIpc) is 2.37. The molecule has 0 unspecified atom stereocenters. The van der Waals surface area contributed by atoms with E-state index in [2.05, 4.69) is 10.6 Å². The van der Waals surface area contributed by atoms with Gasteiger partial charge in [-0.1, -0.05) is 26.8 Å². The Morgan fingerprint density at radius 1 is 1.33 bits per heavy atom. The summed E-state index contributed by atoms with van der Waals surface area (Å²) >= 11 is 0. The van der Waals surface area contributed by atoms with Gasteiger partial charge in [-0.25, -0.2) is 0 Å². The van der Waals surface area contributed by atoms with Crippen LogP contribution in [-0.2, 0) is 4.79 Å². The second-order valence-electron chi connectivity index (χ2n) is 5.16. The molecular weight excluding hydrogens is 228 g/mol. The molecule has 1 rings (SSSR count). The molecule has 0 heterocycles.